The van der Waals surface area contributed by atoms with Crippen molar-refractivity contribution in [2.75, 3.05) is 19.7 Å². The quantitative estimate of drug-likeness (QED) is 0.921. The van der Waals surface area contributed by atoms with Crippen LogP contribution < -0.4 is 4.74 Å². The Balaban J connectivity index is 1.54. The lowest BCUT2D eigenvalue weighted by Gasteiger charge is -2.23. The van der Waals surface area contributed by atoms with Gasteiger partial charge in [0.25, 0.3) is 0 Å². The SMILES string of the molecule is Cc1cccc(OC[C@]2(O)CCN(Cc3ccccn3)C2)c1. The minimum atomic E-state index is -0.779. The zero-order valence-corrected chi connectivity index (χ0v) is 12.9. The van der Waals surface area contributed by atoms with Crippen molar-refractivity contribution in [3.63, 3.8) is 0 Å². The summed E-state index contributed by atoms with van der Waals surface area (Å²) >= 11 is 0. The van der Waals surface area contributed by atoms with E-state index < -0.39 is 5.60 Å². The lowest BCUT2D eigenvalue weighted by Crippen LogP contribution is -2.39. The van der Waals surface area contributed by atoms with Gasteiger partial charge in [-0.1, -0.05) is 18.2 Å². The van der Waals surface area contributed by atoms with Crippen LogP contribution in [0.5, 0.6) is 5.75 Å². The van der Waals surface area contributed by atoms with Gasteiger partial charge >= 0.3 is 0 Å². The van der Waals surface area contributed by atoms with Gasteiger partial charge < -0.3 is 9.84 Å². The molecule has 4 nitrogen and oxygen atoms in total. The highest BCUT2D eigenvalue weighted by molar-refractivity contribution is 5.27. The summed E-state index contributed by atoms with van der Waals surface area (Å²) < 4.78 is 5.78. The predicted octanol–water partition coefficient (Wildman–Crippen LogP) is 2.41. The fourth-order valence-electron chi connectivity index (χ4n) is 2.84. The average Bonchev–Trinajstić information content (AvgIpc) is 2.88. The highest BCUT2D eigenvalue weighted by Crippen LogP contribution is 2.24. The molecule has 0 radical (unpaired) electrons. The molecule has 4 heteroatoms. The number of hydrogen-bond donors (Lipinski definition) is 1. The minimum Gasteiger partial charge on any atom is -0.491 e. The lowest BCUT2D eigenvalue weighted by molar-refractivity contribution is 0.00329. The molecule has 0 saturated carbocycles. The van der Waals surface area contributed by atoms with Gasteiger partial charge in [-0.2, -0.15) is 0 Å². The summed E-state index contributed by atoms with van der Waals surface area (Å²) in [7, 11) is 0. The molecule has 0 bridgehead atoms. The van der Waals surface area contributed by atoms with Crippen LogP contribution in [0.1, 0.15) is 17.7 Å². The first-order valence-corrected chi connectivity index (χ1v) is 7.67. The number of aliphatic hydroxyl groups is 1. The number of likely N-dealkylation sites (tertiary alicyclic amines) is 1. The lowest BCUT2D eigenvalue weighted by atomic mass is 10.1. The van der Waals surface area contributed by atoms with Gasteiger partial charge in [-0.3, -0.25) is 9.88 Å². The Morgan fingerprint density at radius 1 is 1.27 bits per heavy atom. The van der Waals surface area contributed by atoms with E-state index in [0.29, 0.717) is 13.2 Å². The maximum absolute atomic E-state index is 10.7. The topological polar surface area (TPSA) is 45.6 Å². The number of benzene rings is 1. The fraction of sp³-hybridized carbons (Fsp3) is 0.389. The number of nitrogens with zero attached hydrogens (tertiary/aromatic N) is 2. The van der Waals surface area contributed by atoms with Crippen molar-refractivity contribution in [3.8, 4) is 5.75 Å². The highest BCUT2D eigenvalue weighted by atomic mass is 16.5. The predicted molar refractivity (Wildman–Crippen MR) is 85.8 cm³/mol. The molecule has 0 spiro atoms. The van der Waals surface area contributed by atoms with E-state index in [1.54, 1.807) is 6.20 Å². The molecule has 0 aliphatic carbocycles. The van der Waals surface area contributed by atoms with Gasteiger partial charge in [-0.05, 0) is 43.2 Å². The normalized spacial score (nSPS) is 21.9. The molecular formula is C18H22N2O2. The number of hydrogen-bond acceptors (Lipinski definition) is 4. The van der Waals surface area contributed by atoms with Crippen molar-refractivity contribution in [2.45, 2.75) is 25.5 Å². The van der Waals surface area contributed by atoms with Gasteiger partial charge in [0, 0.05) is 25.8 Å². The van der Waals surface area contributed by atoms with Crippen molar-refractivity contribution in [2.24, 2.45) is 0 Å². The minimum absolute atomic E-state index is 0.329. The van der Waals surface area contributed by atoms with Crippen molar-refractivity contribution in [1.82, 2.24) is 9.88 Å². The molecule has 1 aliphatic rings. The summed E-state index contributed by atoms with van der Waals surface area (Å²) in [5, 5.41) is 10.7. The molecule has 1 atom stereocenters. The van der Waals surface area contributed by atoms with Crippen LogP contribution in [0.2, 0.25) is 0 Å². The third-order valence-electron chi connectivity index (χ3n) is 4.02. The summed E-state index contributed by atoms with van der Waals surface area (Å²) in [4.78, 5) is 6.56. The van der Waals surface area contributed by atoms with Crippen LogP contribution >= 0.6 is 0 Å². The summed E-state index contributed by atoms with van der Waals surface area (Å²) in [6.45, 7) is 4.62. The monoisotopic (exact) mass is 298 g/mol. The molecule has 1 saturated heterocycles. The molecule has 3 rings (SSSR count). The Hall–Kier alpha value is -1.91. The maximum Gasteiger partial charge on any atom is 0.119 e. The molecule has 1 aliphatic heterocycles. The van der Waals surface area contributed by atoms with Crippen LogP contribution in [0.4, 0.5) is 0 Å². The van der Waals surface area contributed by atoms with Gasteiger partial charge in [0.05, 0.1) is 5.69 Å². The van der Waals surface area contributed by atoms with Crippen LogP contribution in [0, 0.1) is 6.92 Å². The van der Waals surface area contributed by atoms with Crippen LogP contribution in [0.15, 0.2) is 48.7 Å². The third-order valence-corrected chi connectivity index (χ3v) is 4.02. The second-order valence-corrected chi connectivity index (χ2v) is 6.11. The van der Waals surface area contributed by atoms with E-state index in [0.717, 1.165) is 36.5 Å². The molecule has 22 heavy (non-hydrogen) atoms. The van der Waals surface area contributed by atoms with Crippen molar-refractivity contribution < 1.29 is 9.84 Å². The molecule has 1 N–H and O–H groups in total. The standard InChI is InChI=1S/C18H22N2O2/c1-15-5-4-7-17(11-15)22-14-18(21)8-10-20(13-18)12-16-6-2-3-9-19-16/h2-7,9,11,21H,8,10,12-14H2,1H3/t18-/m0/s1. The van der Waals surface area contributed by atoms with E-state index in [2.05, 4.69) is 9.88 Å². The Morgan fingerprint density at radius 3 is 2.95 bits per heavy atom. The van der Waals surface area contributed by atoms with E-state index in [4.69, 9.17) is 4.74 Å². The number of β-amino-alcohol motifs (C(OH)–C–C–N with tert-alkyl or cyclic N) is 1. The largest absolute Gasteiger partial charge is 0.491 e. The smallest absolute Gasteiger partial charge is 0.119 e. The number of aromatic nitrogens is 1. The first-order chi connectivity index (χ1) is 10.6. The first kappa shape index (κ1) is 15.0. The molecule has 0 amide bonds. The molecule has 116 valence electrons. The second-order valence-electron chi connectivity index (χ2n) is 6.11. The summed E-state index contributed by atoms with van der Waals surface area (Å²) in [5.74, 6) is 0.816. The number of aryl methyl sites for hydroxylation is 1. The fourth-order valence-corrected chi connectivity index (χ4v) is 2.84. The Bertz CT molecular complexity index is 617. The Morgan fingerprint density at radius 2 is 2.18 bits per heavy atom. The summed E-state index contributed by atoms with van der Waals surface area (Å²) in [6, 6.07) is 13.8. The molecule has 1 fully saturated rings. The third kappa shape index (κ3) is 3.84. The van der Waals surface area contributed by atoms with E-state index in [1.807, 2.05) is 49.4 Å². The maximum atomic E-state index is 10.7. The van der Waals surface area contributed by atoms with Gasteiger partial charge in [0.1, 0.15) is 18.0 Å². The molecule has 2 aromatic rings. The van der Waals surface area contributed by atoms with Crippen molar-refractivity contribution in [3.05, 3.63) is 59.9 Å². The molecule has 2 heterocycles. The molecule has 1 aromatic heterocycles. The molecule has 0 unspecified atom stereocenters. The van der Waals surface area contributed by atoms with Gasteiger partial charge in [0.15, 0.2) is 0 Å². The Kier molecular flexibility index (Phi) is 4.41. The average molecular weight is 298 g/mol. The van der Waals surface area contributed by atoms with E-state index >= 15 is 0 Å². The second kappa shape index (κ2) is 6.46. The number of rotatable bonds is 5. The highest BCUT2D eigenvalue weighted by Gasteiger charge is 2.36. The zero-order chi connectivity index (χ0) is 15.4. The number of pyridine rings is 1. The van der Waals surface area contributed by atoms with Crippen LogP contribution in [0.25, 0.3) is 0 Å². The van der Waals surface area contributed by atoms with Gasteiger partial charge in [0.2, 0.25) is 0 Å². The van der Waals surface area contributed by atoms with Crippen LogP contribution in [-0.4, -0.2) is 40.3 Å². The van der Waals surface area contributed by atoms with E-state index in [9.17, 15) is 5.11 Å². The van der Waals surface area contributed by atoms with Gasteiger partial charge in [-0.25, -0.2) is 0 Å². The van der Waals surface area contributed by atoms with Crippen molar-refractivity contribution in [1.29, 1.82) is 0 Å². The summed E-state index contributed by atoms with van der Waals surface area (Å²) in [5.41, 5.74) is 1.41. The van der Waals surface area contributed by atoms with Crippen LogP contribution in [0.3, 0.4) is 0 Å². The zero-order valence-electron chi connectivity index (χ0n) is 12.9. The Labute approximate surface area is 131 Å². The van der Waals surface area contributed by atoms with E-state index in [1.165, 1.54) is 0 Å². The van der Waals surface area contributed by atoms with Gasteiger partial charge in [-0.15, -0.1) is 0 Å². The van der Waals surface area contributed by atoms with Crippen LogP contribution in [-0.2, 0) is 6.54 Å². The molecular weight excluding hydrogens is 276 g/mol. The van der Waals surface area contributed by atoms with E-state index in [-0.39, 0.29) is 0 Å². The number of ether oxygens (including phenoxy) is 1. The molecule has 1 aromatic carbocycles. The van der Waals surface area contributed by atoms with Crippen molar-refractivity contribution >= 4 is 0 Å². The summed E-state index contributed by atoms with van der Waals surface area (Å²) in [6.07, 6.45) is 2.53. The first-order valence-electron chi connectivity index (χ1n) is 7.67.